The van der Waals surface area contributed by atoms with Gasteiger partial charge >= 0.3 is 0 Å². The summed E-state index contributed by atoms with van der Waals surface area (Å²) >= 11 is 0. The van der Waals surface area contributed by atoms with Crippen LogP contribution in [0.5, 0.6) is 0 Å². The highest BCUT2D eigenvalue weighted by Gasteiger charge is 2.21. The van der Waals surface area contributed by atoms with Crippen molar-refractivity contribution in [3.63, 3.8) is 0 Å². The molecule has 0 aliphatic carbocycles. The quantitative estimate of drug-likeness (QED) is 0.795. The number of nitrogens with zero attached hydrogens (tertiary/aromatic N) is 2. The van der Waals surface area contributed by atoms with Gasteiger partial charge in [-0.3, -0.25) is 4.98 Å². The molecule has 1 aromatic heterocycles. The van der Waals surface area contributed by atoms with E-state index in [9.17, 15) is 0 Å². The Labute approximate surface area is 117 Å². The monoisotopic (exact) mass is 270 g/mol. The molecule has 0 fully saturated rings. The molecule has 2 rings (SSSR count). The van der Waals surface area contributed by atoms with Gasteiger partial charge in [0.15, 0.2) is 0 Å². The average Bonchev–Trinajstić information content (AvgIpc) is 2.38. The van der Waals surface area contributed by atoms with Gasteiger partial charge < -0.3 is 4.90 Å². The van der Waals surface area contributed by atoms with E-state index in [0.717, 1.165) is 5.69 Å². The fourth-order valence-electron chi connectivity index (χ4n) is 2.20. The van der Waals surface area contributed by atoms with E-state index >= 15 is 0 Å². The van der Waals surface area contributed by atoms with Gasteiger partial charge in [0.2, 0.25) is 0 Å². The lowest BCUT2D eigenvalue weighted by molar-refractivity contribution is 1.13. The molecule has 0 aliphatic rings. The molecule has 0 spiro atoms. The van der Waals surface area contributed by atoms with Gasteiger partial charge in [0.1, 0.15) is 0 Å². The zero-order valence-corrected chi connectivity index (χ0v) is 13.4. The molecule has 1 heterocycles. The Morgan fingerprint density at radius 2 is 1.74 bits per heavy atom. The lowest BCUT2D eigenvalue weighted by Gasteiger charge is -2.23. The van der Waals surface area contributed by atoms with Crippen LogP contribution in [0.15, 0.2) is 42.6 Å². The fourth-order valence-corrected chi connectivity index (χ4v) is 3.79. The van der Waals surface area contributed by atoms with Gasteiger partial charge in [0.25, 0.3) is 0 Å². The summed E-state index contributed by atoms with van der Waals surface area (Å²) in [6.45, 7) is 7.14. The summed E-state index contributed by atoms with van der Waals surface area (Å²) in [5.41, 5.74) is 3.58. The van der Waals surface area contributed by atoms with Crippen molar-refractivity contribution in [3.05, 3.63) is 42.6 Å². The van der Waals surface area contributed by atoms with Crippen LogP contribution in [0.4, 0.5) is 5.69 Å². The Bertz CT molecular complexity index is 557. The van der Waals surface area contributed by atoms with Crippen molar-refractivity contribution in [2.45, 2.75) is 19.6 Å². The number of benzene rings is 1. The first-order chi connectivity index (χ1) is 8.89. The van der Waals surface area contributed by atoms with E-state index in [1.165, 1.54) is 16.4 Å². The van der Waals surface area contributed by atoms with E-state index in [-0.39, 0.29) is 0 Å². The minimum Gasteiger partial charge on any atom is -0.378 e. The van der Waals surface area contributed by atoms with Crippen LogP contribution in [-0.4, -0.2) is 27.2 Å². The SMILES string of the molecule is CN(C)c1ccc([Si](C)(C)C)c(-c2ccccn2)c1. The predicted molar refractivity (Wildman–Crippen MR) is 87.0 cm³/mol. The van der Waals surface area contributed by atoms with Crippen molar-refractivity contribution in [2.24, 2.45) is 0 Å². The molecule has 0 atom stereocenters. The lowest BCUT2D eigenvalue weighted by Crippen LogP contribution is -2.39. The van der Waals surface area contributed by atoms with Crippen molar-refractivity contribution in [1.29, 1.82) is 0 Å². The molecular formula is C16H22N2Si. The molecule has 0 radical (unpaired) electrons. The van der Waals surface area contributed by atoms with Crippen LogP contribution in [0.1, 0.15) is 0 Å². The standard InChI is InChI=1S/C16H22N2Si/c1-18(2)13-9-10-16(19(3,4)5)14(12-13)15-8-6-7-11-17-15/h6-12H,1-5H3. The first-order valence-corrected chi connectivity index (χ1v) is 10.1. The first kappa shape index (κ1) is 13.8. The number of rotatable bonds is 3. The predicted octanol–water partition coefficient (Wildman–Crippen LogP) is 3.36. The molecule has 2 aromatic rings. The number of pyridine rings is 1. The Morgan fingerprint density at radius 3 is 2.26 bits per heavy atom. The van der Waals surface area contributed by atoms with Crippen molar-refractivity contribution in [3.8, 4) is 11.3 Å². The third kappa shape index (κ3) is 3.04. The van der Waals surface area contributed by atoms with E-state index in [0.29, 0.717) is 0 Å². The van der Waals surface area contributed by atoms with Crippen LogP contribution in [0.25, 0.3) is 11.3 Å². The van der Waals surface area contributed by atoms with E-state index in [4.69, 9.17) is 0 Å². The van der Waals surface area contributed by atoms with Gasteiger partial charge in [0.05, 0.1) is 13.8 Å². The van der Waals surface area contributed by atoms with Crippen molar-refractivity contribution in [1.82, 2.24) is 4.98 Å². The average molecular weight is 270 g/mol. The molecule has 2 nitrogen and oxygen atoms in total. The second kappa shape index (κ2) is 5.17. The molecule has 1 aromatic carbocycles. The van der Waals surface area contributed by atoms with Gasteiger partial charge in [0, 0.05) is 31.5 Å². The van der Waals surface area contributed by atoms with E-state index in [1.54, 1.807) is 0 Å². The maximum absolute atomic E-state index is 4.53. The second-order valence-electron chi connectivity index (χ2n) is 6.09. The molecule has 0 unspecified atom stereocenters. The highest BCUT2D eigenvalue weighted by Crippen LogP contribution is 2.23. The summed E-state index contributed by atoms with van der Waals surface area (Å²) in [7, 11) is 2.77. The molecule has 0 bridgehead atoms. The smallest absolute Gasteiger partial charge is 0.0784 e. The number of anilines is 1. The van der Waals surface area contributed by atoms with Crippen LogP contribution < -0.4 is 10.1 Å². The van der Waals surface area contributed by atoms with Crippen molar-refractivity contribution in [2.75, 3.05) is 19.0 Å². The molecule has 0 aliphatic heterocycles. The summed E-state index contributed by atoms with van der Waals surface area (Å²) in [5, 5.41) is 1.47. The summed E-state index contributed by atoms with van der Waals surface area (Å²) in [6.07, 6.45) is 1.87. The Morgan fingerprint density at radius 1 is 1.00 bits per heavy atom. The minimum atomic E-state index is -1.38. The molecule has 0 amide bonds. The van der Waals surface area contributed by atoms with Crippen LogP contribution in [0.2, 0.25) is 19.6 Å². The number of hydrogen-bond donors (Lipinski definition) is 0. The van der Waals surface area contributed by atoms with E-state index in [2.05, 4.69) is 74.0 Å². The van der Waals surface area contributed by atoms with Gasteiger partial charge in [-0.15, -0.1) is 0 Å². The van der Waals surface area contributed by atoms with Gasteiger partial charge in [-0.25, -0.2) is 0 Å². The topological polar surface area (TPSA) is 16.1 Å². The van der Waals surface area contributed by atoms with Crippen molar-refractivity contribution >= 4 is 18.9 Å². The number of hydrogen-bond acceptors (Lipinski definition) is 2. The van der Waals surface area contributed by atoms with Crippen LogP contribution in [0.3, 0.4) is 0 Å². The molecule has 3 heteroatoms. The molecule has 0 saturated heterocycles. The maximum atomic E-state index is 4.53. The third-order valence-electron chi connectivity index (χ3n) is 3.27. The van der Waals surface area contributed by atoms with Crippen molar-refractivity contribution < 1.29 is 0 Å². The number of aromatic nitrogens is 1. The largest absolute Gasteiger partial charge is 0.378 e. The normalized spacial score (nSPS) is 11.4. The lowest BCUT2D eigenvalue weighted by atomic mass is 10.1. The van der Waals surface area contributed by atoms with E-state index < -0.39 is 8.07 Å². The summed E-state index contributed by atoms with van der Waals surface area (Å²) < 4.78 is 0. The van der Waals surface area contributed by atoms with E-state index in [1.807, 2.05) is 12.3 Å². The Kier molecular flexibility index (Phi) is 3.76. The molecular weight excluding hydrogens is 248 g/mol. The second-order valence-corrected chi connectivity index (χ2v) is 11.1. The maximum Gasteiger partial charge on any atom is 0.0784 e. The fraction of sp³-hybridized carbons (Fsp3) is 0.312. The van der Waals surface area contributed by atoms with Gasteiger partial charge in [-0.05, 0) is 24.3 Å². The minimum absolute atomic E-state index is 1.07. The first-order valence-electron chi connectivity index (χ1n) is 6.63. The summed E-state index contributed by atoms with van der Waals surface area (Å²) in [4.78, 5) is 6.67. The molecule has 0 saturated carbocycles. The summed E-state index contributed by atoms with van der Waals surface area (Å²) in [6, 6.07) is 12.9. The van der Waals surface area contributed by atoms with Gasteiger partial charge in [-0.2, -0.15) is 0 Å². The van der Waals surface area contributed by atoms with Crippen LogP contribution in [0, 0.1) is 0 Å². The Balaban J connectivity index is 2.64. The van der Waals surface area contributed by atoms with Gasteiger partial charge in [-0.1, -0.05) is 37.0 Å². The van der Waals surface area contributed by atoms with Crippen LogP contribution >= 0.6 is 0 Å². The highest BCUT2D eigenvalue weighted by molar-refractivity contribution is 6.89. The zero-order valence-electron chi connectivity index (χ0n) is 12.4. The zero-order chi connectivity index (χ0) is 14.0. The summed E-state index contributed by atoms with van der Waals surface area (Å²) in [5.74, 6) is 0. The molecule has 19 heavy (non-hydrogen) atoms. The molecule has 100 valence electrons. The third-order valence-corrected chi connectivity index (χ3v) is 5.32. The Hall–Kier alpha value is -1.61. The molecule has 0 N–H and O–H groups in total. The van der Waals surface area contributed by atoms with Crippen LogP contribution in [-0.2, 0) is 0 Å². The highest BCUT2D eigenvalue weighted by atomic mass is 28.3.